The van der Waals surface area contributed by atoms with Gasteiger partial charge in [0.1, 0.15) is 17.1 Å². The van der Waals surface area contributed by atoms with Crippen molar-refractivity contribution in [3.63, 3.8) is 0 Å². The Morgan fingerprint density at radius 3 is 2.74 bits per heavy atom. The number of rotatable bonds is 7. The standard InChI is InChI=1S/C24H21ClN2O7/c1-11-14-7-17(25)21(33-2)9-20(14)34-24(32)15(11)8-22(29)27-19(23(30)31)5-12-10-26-18-4-3-13(28)6-16(12)18/h3-4,6-7,9-10,19,26,28H,5,8H2,1-2H3,(H,27,29)(H,30,31)/p-1/t19-/m0/s1. The highest BCUT2D eigenvalue weighted by atomic mass is 35.5. The van der Waals surface area contributed by atoms with Gasteiger partial charge in [-0.1, -0.05) is 11.6 Å². The van der Waals surface area contributed by atoms with Crippen molar-refractivity contribution in [1.29, 1.82) is 0 Å². The van der Waals surface area contributed by atoms with Crippen molar-refractivity contribution in [2.45, 2.75) is 25.8 Å². The number of methoxy groups -OCH3 is 1. The number of H-pyrrole nitrogens is 1. The summed E-state index contributed by atoms with van der Waals surface area (Å²) in [6, 6.07) is 6.36. The molecule has 2 aromatic heterocycles. The van der Waals surface area contributed by atoms with E-state index in [2.05, 4.69) is 10.3 Å². The Hall–Kier alpha value is -3.98. The lowest BCUT2D eigenvalue weighted by atomic mass is 10.0. The average molecular weight is 484 g/mol. The molecule has 0 aliphatic carbocycles. The van der Waals surface area contributed by atoms with Crippen LogP contribution in [-0.2, 0) is 22.4 Å². The van der Waals surface area contributed by atoms with Gasteiger partial charge in [0.05, 0.1) is 36.1 Å². The van der Waals surface area contributed by atoms with E-state index in [0.29, 0.717) is 38.2 Å². The molecule has 2 heterocycles. The van der Waals surface area contributed by atoms with Crippen LogP contribution in [0.15, 0.2) is 45.7 Å². The van der Waals surface area contributed by atoms with Gasteiger partial charge in [0, 0.05) is 35.0 Å². The average Bonchev–Trinajstić information content (AvgIpc) is 3.18. The molecule has 34 heavy (non-hydrogen) atoms. The molecular formula is C24H20ClN2O7-. The zero-order valence-electron chi connectivity index (χ0n) is 18.2. The Morgan fingerprint density at radius 2 is 2.03 bits per heavy atom. The molecule has 0 saturated carbocycles. The van der Waals surface area contributed by atoms with E-state index in [-0.39, 0.29) is 23.3 Å². The largest absolute Gasteiger partial charge is 0.548 e. The van der Waals surface area contributed by atoms with Crippen LogP contribution in [0, 0.1) is 6.92 Å². The second-order valence-corrected chi connectivity index (χ2v) is 8.25. The minimum Gasteiger partial charge on any atom is -0.548 e. The summed E-state index contributed by atoms with van der Waals surface area (Å²) in [6.45, 7) is 1.65. The highest BCUT2D eigenvalue weighted by Crippen LogP contribution is 2.31. The number of aromatic amines is 1. The maximum absolute atomic E-state index is 12.7. The van der Waals surface area contributed by atoms with Gasteiger partial charge in [-0.15, -0.1) is 0 Å². The Bertz CT molecular complexity index is 1490. The SMILES string of the molecule is COc1cc2oc(=O)c(CC(=O)N[C@@H](Cc3c[nH]c4ccc(O)cc34)C(=O)[O-])c(C)c2cc1Cl. The molecule has 4 aromatic rings. The third-order valence-corrected chi connectivity index (χ3v) is 5.99. The Morgan fingerprint density at radius 1 is 1.26 bits per heavy atom. The molecular weight excluding hydrogens is 464 g/mol. The number of carboxylic acids is 1. The number of carboxylic acid groups (broad SMARTS) is 1. The van der Waals surface area contributed by atoms with E-state index in [1.165, 1.54) is 25.3 Å². The van der Waals surface area contributed by atoms with Gasteiger partial charge in [-0.05, 0) is 42.3 Å². The van der Waals surface area contributed by atoms with Gasteiger partial charge in [0.15, 0.2) is 0 Å². The predicted molar refractivity (Wildman–Crippen MR) is 123 cm³/mol. The van der Waals surface area contributed by atoms with Gasteiger partial charge in [-0.2, -0.15) is 0 Å². The van der Waals surface area contributed by atoms with Crippen LogP contribution in [0.5, 0.6) is 11.5 Å². The van der Waals surface area contributed by atoms with Crippen molar-refractivity contribution in [3.8, 4) is 11.5 Å². The number of aliphatic carboxylic acids is 1. The Balaban J connectivity index is 1.58. The van der Waals surface area contributed by atoms with Crippen LogP contribution in [0.2, 0.25) is 5.02 Å². The van der Waals surface area contributed by atoms with Crippen molar-refractivity contribution >= 4 is 45.3 Å². The number of nitrogens with one attached hydrogen (secondary N) is 2. The first-order valence-corrected chi connectivity index (χ1v) is 10.6. The summed E-state index contributed by atoms with van der Waals surface area (Å²) in [6.07, 6.45) is 1.12. The highest BCUT2D eigenvalue weighted by molar-refractivity contribution is 6.32. The summed E-state index contributed by atoms with van der Waals surface area (Å²) < 4.78 is 10.5. The Kier molecular flexibility index (Phi) is 6.21. The van der Waals surface area contributed by atoms with Crippen molar-refractivity contribution < 1.29 is 29.0 Å². The molecule has 0 bridgehead atoms. The fourth-order valence-corrected chi connectivity index (χ4v) is 4.15. The van der Waals surface area contributed by atoms with Crippen molar-refractivity contribution in [3.05, 3.63) is 68.7 Å². The van der Waals surface area contributed by atoms with Crippen molar-refractivity contribution in [2.75, 3.05) is 7.11 Å². The molecule has 3 N–H and O–H groups in total. The number of carbonyl (C=O) groups is 2. The fraction of sp³-hybridized carbons (Fsp3) is 0.208. The number of amides is 1. The van der Waals surface area contributed by atoms with Crippen LogP contribution in [0.3, 0.4) is 0 Å². The first kappa shape index (κ1) is 23.2. The quantitative estimate of drug-likeness (QED) is 0.341. The van der Waals surface area contributed by atoms with Gasteiger partial charge >= 0.3 is 5.63 Å². The van der Waals surface area contributed by atoms with E-state index < -0.39 is 30.0 Å². The van der Waals surface area contributed by atoms with E-state index in [1.807, 2.05) is 0 Å². The molecule has 1 atom stereocenters. The third-order valence-electron chi connectivity index (χ3n) is 5.69. The summed E-state index contributed by atoms with van der Waals surface area (Å²) in [5.41, 5.74) is 1.38. The van der Waals surface area contributed by atoms with E-state index in [0.717, 1.165) is 0 Å². The minimum atomic E-state index is -1.48. The first-order valence-electron chi connectivity index (χ1n) is 10.3. The van der Waals surface area contributed by atoms with E-state index in [9.17, 15) is 24.6 Å². The number of phenols is 1. The molecule has 176 valence electrons. The van der Waals surface area contributed by atoms with Gasteiger partial charge < -0.3 is 34.5 Å². The van der Waals surface area contributed by atoms with Crippen LogP contribution in [0.4, 0.5) is 0 Å². The number of benzene rings is 2. The van der Waals surface area contributed by atoms with E-state index in [1.54, 1.807) is 25.3 Å². The fourth-order valence-electron chi connectivity index (χ4n) is 3.90. The number of halogens is 1. The lowest BCUT2D eigenvalue weighted by Gasteiger charge is -2.20. The smallest absolute Gasteiger partial charge is 0.340 e. The molecule has 4 rings (SSSR count). The van der Waals surface area contributed by atoms with Crippen LogP contribution in [0.1, 0.15) is 16.7 Å². The van der Waals surface area contributed by atoms with Gasteiger partial charge in [-0.3, -0.25) is 4.79 Å². The van der Waals surface area contributed by atoms with E-state index in [4.69, 9.17) is 20.8 Å². The van der Waals surface area contributed by atoms with Crippen LogP contribution < -0.4 is 20.8 Å². The number of fused-ring (bicyclic) bond motifs is 2. The van der Waals surface area contributed by atoms with Crippen LogP contribution in [0.25, 0.3) is 21.9 Å². The number of ether oxygens (including phenoxy) is 1. The molecule has 0 aliphatic rings. The topological polar surface area (TPSA) is 145 Å². The minimum absolute atomic E-state index is 0.0265. The maximum atomic E-state index is 12.7. The highest BCUT2D eigenvalue weighted by Gasteiger charge is 2.20. The molecule has 0 radical (unpaired) electrons. The number of hydrogen-bond donors (Lipinski definition) is 3. The van der Waals surface area contributed by atoms with Gasteiger partial charge in [0.25, 0.3) is 0 Å². The normalized spacial score (nSPS) is 12.1. The number of aromatic nitrogens is 1. The summed E-state index contributed by atoms with van der Waals surface area (Å²) in [7, 11) is 1.43. The van der Waals surface area contributed by atoms with Crippen molar-refractivity contribution in [2.24, 2.45) is 0 Å². The monoisotopic (exact) mass is 483 g/mol. The van der Waals surface area contributed by atoms with Crippen molar-refractivity contribution in [1.82, 2.24) is 10.3 Å². The molecule has 0 saturated heterocycles. The summed E-state index contributed by atoms with van der Waals surface area (Å²) in [5, 5.41) is 25.3. The molecule has 2 aromatic carbocycles. The molecule has 0 aliphatic heterocycles. The maximum Gasteiger partial charge on any atom is 0.340 e. The summed E-state index contributed by atoms with van der Waals surface area (Å²) >= 11 is 6.18. The summed E-state index contributed by atoms with van der Waals surface area (Å²) in [4.78, 5) is 40.0. The lowest BCUT2D eigenvalue weighted by molar-refractivity contribution is -0.308. The number of aromatic hydroxyl groups is 1. The lowest BCUT2D eigenvalue weighted by Crippen LogP contribution is -2.49. The van der Waals surface area contributed by atoms with Crippen LogP contribution >= 0.6 is 11.6 Å². The molecule has 1 amide bonds. The molecule has 9 nitrogen and oxygen atoms in total. The van der Waals surface area contributed by atoms with Gasteiger partial charge in [-0.25, -0.2) is 4.79 Å². The number of phenolic OH excluding ortho intramolecular Hbond substituents is 1. The van der Waals surface area contributed by atoms with Gasteiger partial charge in [0.2, 0.25) is 5.91 Å². The summed E-state index contributed by atoms with van der Waals surface area (Å²) in [5.74, 6) is -1.81. The number of carbonyl (C=O) groups excluding carboxylic acids is 2. The molecule has 0 unspecified atom stereocenters. The second-order valence-electron chi connectivity index (χ2n) is 7.84. The second kappa shape index (κ2) is 9.11. The molecule has 0 spiro atoms. The molecule has 10 heteroatoms. The Labute approximate surface area is 197 Å². The van der Waals surface area contributed by atoms with E-state index >= 15 is 0 Å². The zero-order chi connectivity index (χ0) is 24.6. The zero-order valence-corrected chi connectivity index (χ0v) is 19.0. The predicted octanol–water partition coefficient (Wildman–Crippen LogP) is 1.97. The third kappa shape index (κ3) is 4.42. The number of aryl methyl sites for hydroxylation is 1. The first-order chi connectivity index (χ1) is 16.2. The molecule has 0 fully saturated rings. The number of hydrogen-bond acceptors (Lipinski definition) is 7. The van der Waals surface area contributed by atoms with Crippen LogP contribution in [-0.4, -0.2) is 35.1 Å².